The zero-order valence-corrected chi connectivity index (χ0v) is 23.2. The Kier molecular flexibility index (Phi) is 7.81. The van der Waals surface area contributed by atoms with Crippen LogP contribution in [0.5, 0.6) is 5.75 Å². The molecule has 2 heterocycles. The Bertz CT molecular complexity index is 1790. The third-order valence-corrected chi connectivity index (χ3v) is 7.15. The molecule has 1 N–H and O–H groups in total. The maximum absolute atomic E-state index is 12.0. The molecule has 0 saturated carbocycles. The number of benzene rings is 4. The molecule has 0 spiro atoms. The van der Waals surface area contributed by atoms with E-state index in [-0.39, 0.29) is 6.42 Å². The molecule has 7 nitrogen and oxygen atoms in total. The van der Waals surface area contributed by atoms with Crippen LogP contribution in [0.2, 0.25) is 0 Å². The van der Waals surface area contributed by atoms with Gasteiger partial charge in [-0.2, -0.15) is 0 Å². The van der Waals surface area contributed by atoms with Crippen molar-refractivity contribution in [2.45, 2.75) is 38.7 Å². The Hall–Kier alpha value is -5.17. The topological polar surface area (TPSA) is 98.6 Å². The number of carboxylic acids is 1. The van der Waals surface area contributed by atoms with Gasteiger partial charge in [0.2, 0.25) is 5.89 Å². The van der Waals surface area contributed by atoms with Gasteiger partial charge < -0.3 is 18.7 Å². The van der Waals surface area contributed by atoms with Crippen LogP contribution in [0.4, 0.5) is 0 Å². The number of carbonyl (C=O) groups is 1. The first-order chi connectivity index (χ1) is 20.5. The molecule has 6 aromatic rings. The van der Waals surface area contributed by atoms with E-state index in [2.05, 4.69) is 9.97 Å². The number of ether oxygens (including phenoxy) is 1. The molecule has 0 unspecified atom stereocenters. The summed E-state index contributed by atoms with van der Waals surface area (Å²) in [7, 11) is 0. The van der Waals surface area contributed by atoms with Crippen LogP contribution in [0.15, 0.2) is 112 Å². The second-order valence-corrected chi connectivity index (χ2v) is 10.2. The third kappa shape index (κ3) is 6.25. The molecular weight excluding hydrogens is 528 g/mol. The Morgan fingerprint density at radius 3 is 2.21 bits per heavy atom. The lowest BCUT2D eigenvalue weighted by atomic mass is 10.1. The second-order valence-electron chi connectivity index (χ2n) is 10.2. The molecule has 7 heteroatoms. The molecule has 0 aliphatic carbocycles. The summed E-state index contributed by atoms with van der Waals surface area (Å²) in [6.45, 7) is 1.93. The molecule has 4 aromatic carbocycles. The number of aliphatic carboxylic acids is 1. The van der Waals surface area contributed by atoms with Crippen molar-refractivity contribution in [3.05, 3.63) is 126 Å². The van der Waals surface area contributed by atoms with Gasteiger partial charge in [0.25, 0.3) is 0 Å². The standard InChI is InChI=1S/C35H30N2O5/c1-23-29(37-34(40-23)27-11-6-3-7-12-27)13-8-14-33-36-30-21-24(15-20-31(30)42-33)22-32(35(38)39)41-28-18-16-26(17-19-28)25-9-4-2-5-10-25/h2-7,9-12,15-21,32H,8,13-14,22H2,1H3,(H,38,39)/t32-/m0/s1. The van der Waals surface area contributed by atoms with Crippen molar-refractivity contribution in [2.24, 2.45) is 0 Å². The van der Waals surface area contributed by atoms with Crippen LogP contribution in [-0.2, 0) is 24.1 Å². The van der Waals surface area contributed by atoms with Crippen LogP contribution < -0.4 is 4.74 Å². The first kappa shape index (κ1) is 27.0. The fourth-order valence-corrected chi connectivity index (χ4v) is 4.94. The number of aryl methyl sites for hydroxylation is 3. The minimum absolute atomic E-state index is 0.198. The zero-order chi connectivity index (χ0) is 28.9. The SMILES string of the molecule is Cc1oc(-c2ccccc2)nc1CCCc1nc2cc(C[C@H](Oc3ccc(-c4ccccc4)cc3)C(=O)O)ccc2o1. The molecule has 0 radical (unpaired) electrons. The van der Waals surface area contributed by atoms with E-state index in [1.807, 2.05) is 97.9 Å². The number of nitrogens with zero attached hydrogens (tertiary/aromatic N) is 2. The predicted octanol–water partition coefficient (Wildman–Crippen LogP) is 7.71. The lowest BCUT2D eigenvalue weighted by molar-refractivity contribution is -0.145. The molecule has 6 rings (SSSR count). The monoisotopic (exact) mass is 558 g/mol. The average Bonchev–Trinajstić information content (AvgIpc) is 3.60. The molecule has 0 amide bonds. The van der Waals surface area contributed by atoms with Crippen molar-refractivity contribution in [3.8, 4) is 28.3 Å². The first-order valence-electron chi connectivity index (χ1n) is 14.0. The van der Waals surface area contributed by atoms with Crippen LogP contribution >= 0.6 is 0 Å². The van der Waals surface area contributed by atoms with Crippen LogP contribution in [0.25, 0.3) is 33.7 Å². The maximum atomic E-state index is 12.0. The van der Waals surface area contributed by atoms with Gasteiger partial charge in [-0.05, 0) is 72.9 Å². The van der Waals surface area contributed by atoms with E-state index < -0.39 is 12.1 Å². The van der Waals surface area contributed by atoms with E-state index in [1.54, 1.807) is 12.1 Å². The molecule has 1 atom stereocenters. The highest BCUT2D eigenvalue weighted by Crippen LogP contribution is 2.25. The van der Waals surface area contributed by atoms with E-state index >= 15 is 0 Å². The minimum Gasteiger partial charge on any atom is -0.478 e. The Labute approximate surface area is 243 Å². The van der Waals surface area contributed by atoms with E-state index in [4.69, 9.17) is 13.6 Å². The quantitative estimate of drug-likeness (QED) is 0.174. The molecule has 0 aliphatic heterocycles. The van der Waals surface area contributed by atoms with Crippen LogP contribution in [0.3, 0.4) is 0 Å². The number of fused-ring (bicyclic) bond motifs is 1. The van der Waals surface area contributed by atoms with Crippen molar-refractivity contribution < 1.29 is 23.5 Å². The van der Waals surface area contributed by atoms with Crippen molar-refractivity contribution in [3.63, 3.8) is 0 Å². The molecule has 0 saturated heterocycles. The lowest BCUT2D eigenvalue weighted by Crippen LogP contribution is -2.29. The van der Waals surface area contributed by atoms with Crippen molar-refractivity contribution in [1.29, 1.82) is 0 Å². The molecule has 2 aromatic heterocycles. The highest BCUT2D eigenvalue weighted by molar-refractivity contribution is 5.76. The van der Waals surface area contributed by atoms with Gasteiger partial charge in [-0.1, -0.05) is 66.7 Å². The predicted molar refractivity (Wildman–Crippen MR) is 160 cm³/mol. The number of hydrogen-bond acceptors (Lipinski definition) is 6. The van der Waals surface area contributed by atoms with Crippen LogP contribution in [-0.4, -0.2) is 27.1 Å². The minimum atomic E-state index is -1.04. The van der Waals surface area contributed by atoms with Gasteiger partial charge in [-0.3, -0.25) is 0 Å². The van der Waals surface area contributed by atoms with Gasteiger partial charge in [-0.15, -0.1) is 0 Å². The number of oxazole rings is 2. The Morgan fingerprint density at radius 1 is 0.810 bits per heavy atom. The van der Waals surface area contributed by atoms with Crippen molar-refractivity contribution >= 4 is 17.1 Å². The van der Waals surface area contributed by atoms with Gasteiger partial charge >= 0.3 is 5.97 Å². The summed E-state index contributed by atoms with van der Waals surface area (Å²) >= 11 is 0. The van der Waals surface area contributed by atoms with E-state index in [0.29, 0.717) is 35.1 Å². The van der Waals surface area contributed by atoms with Gasteiger partial charge in [0.15, 0.2) is 17.6 Å². The summed E-state index contributed by atoms with van der Waals surface area (Å²) in [5, 5.41) is 9.85. The first-order valence-corrected chi connectivity index (χ1v) is 14.0. The number of hydrogen-bond donors (Lipinski definition) is 1. The van der Waals surface area contributed by atoms with Gasteiger partial charge in [0.05, 0.1) is 5.69 Å². The molecule has 0 aliphatic rings. The number of aromatic nitrogens is 2. The molecule has 42 heavy (non-hydrogen) atoms. The summed E-state index contributed by atoms with van der Waals surface area (Å²) < 4.78 is 17.7. The third-order valence-electron chi connectivity index (χ3n) is 7.15. The Balaban J connectivity index is 1.08. The largest absolute Gasteiger partial charge is 0.478 e. The molecular formula is C35H30N2O5. The summed E-state index contributed by atoms with van der Waals surface area (Å²) in [4.78, 5) is 21.4. The number of carboxylic acid groups (broad SMARTS) is 1. The Morgan fingerprint density at radius 2 is 1.50 bits per heavy atom. The smallest absolute Gasteiger partial charge is 0.345 e. The molecule has 0 fully saturated rings. The average molecular weight is 559 g/mol. The van der Waals surface area contributed by atoms with E-state index in [0.717, 1.165) is 46.5 Å². The maximum Gasteiger partial charge on any atom is 0.345 e. The van der Waals surface area contributed by atoms with Crippen molar-refractivity contribution in [1.82, 2.24) is 9.97 Å². The van der Waals surface area contributed by atoms with E-state index in [9.17, 15) is 9.90 Å². The van der Waals surface area contributed by atoms with Gasteiger partial charge in [0, 0.05) is 18.4 Å². The van der Waals surface area contributed by atoms with Gasteiger partial charge in [0.1, 0.15) is 17.0 Å². The highest BCUT2D eigenvalue weighted by atomic mass is 16.5. The van der Waals surface area contributed by atoms with Gasteiger partial charge in [-0.25, -0.2) is 14.8 Å². The lowest BCUT2D eigenvalue weighted by Gasteiger charge is -2.15. The molecule has 0 bridgehead atoms. The van der Waals surface area contributed by atoms with Crippen LogP contribution in [0.1, 0.15) is 29.3 Å². The zero-order valence-electron chi connectivity index (χ0n) is 23.2. The summed E-state index contributed by atoms with van der Waals surface area (Å²) in [6, 6.07) is 32.9. The fraction of sp³-hybridized carbons (Fsp3) is 0.171. The van der Waals surface area contributed by atoms with Crippen molar-refractivity contribution in [2.75, 3.05) is 0 Å². The van der Waals surface area contributed by atoms with Crippen LogP contribution in [0, 0.1) is 6.92 Å². The number of rotatable bonds is 11. The van der Waals surface area contributed by atoms with E-state index in [1.165, 1.54) is 0 Å². The molecule has 210 valence electrons. The summed E-state index contributed by atoms with van der Waals surface area (Å²) in [5.41, 5.74) is 6.19. The normalized spacial score (nSPS) is 11.9. The summed E-state index contributed by atoms with van der Waals surface area (Å²) in [6.07, 6.45) is 1.36. The summed E-state index contributed by atoms with van der Waals surface area (Å²) in [5.74, 6) is 1.56. The highest BCUT2D eigenvalue weighted by Gasteiger charge is 2.21. The fourth-order valence-electron chi connectivity index (χ4n) is 4.94. The second kappa shape index (κ2) is 12.1.